The van der Waals surface area contributed by atoms with E-state index in [0.717, 1.165) is 6.07 Å². The standard InChI is InChI=1S/C10H5BrF2N2O2/c11-6-3-14-9(10(16)15-17)8-5(6)1-4(12)2-7(8)13/h1-3,17H,(H,15,16). The van der Waals surface area contributed by atoms with E-state index >= 15 is 0 Å². The van der Waals surface area contributed by atoms with Crippen LogP contribution in [0.2, 0.25) is 0 Å². The highest BCUT2D eigenvalue weighted by atomic mass is 79.9. The molecule has 17 heavy (non-hydrogen) atoms. The second kappa shape index (κ2) is 4.34. The van der Waals surface area contributed by atoms with Gasteiger partial charge in [0.1, 0.15) is 17.3 Å². The minimum Gasteiger partial charge on any atom is -0.288 e. The van der Waals surface area contributed by atoms with Gasteiger partial charge in [-0.05, 0) is 22.0 Å². The number of hydroxylamine groups is 1. The summed E-state index contributed by atoms with van der Waals surface area (Å²) in [4.78, 5) is 15.0. The number of fused-ring (bicyclic) bond motifs is 1. The predicted octanol–water partition coefficient (Wildman–Crippen LogP) is 2.39. The Bertz CT molecular complexity index is 619. The molecule has 0 aliphatic rings. The first-order valence-electron chi connectivity index (χ1n) is 4.42. The van der Waals surface area contributed by atoms with E-state index in [1.54, 1.807) is 0 Å². The molecular formula is C10H5BrF2N2O2. The number of carbonyl (C=O) groups is 1. The van der Waals surface area contributed by atoms with Crippen molar-refractivity contribution < 1.29 is 18.8 Å². The summed E-state index contributed by atoms with van der Waals surface area (Å²) in [5.41, 5.74) is 1.04. The fourth-order valence-electron chi connectivity index (χ4n) is 1.48. The molecule has 0 aliphatic carbocycles. The predicted molar refractivity (Wildman–Crippen MR) is 58.6 cm³/mol. The number of pyridine rings is 1. The Morgan fingerprint density at radius 3 is 2.76 bits per heavy atom. The van der Waals surface area contributed by atoms with Gasteiger partial charge in [0.05, 0.1) is 5.39 Å². The molecule has 1 aromatic carbocycles. The average Bonchev–Trinajstić information content (AvgIpc) is 2.29. The maximum absolute atomic E-state index is 13.6. The van der Waals surface area contributed by atoms with E-state index < -0.39 is 17.5 Å². The maximum Gasteiger partial charge on any atom is 0.293 e. The number of halogens is 3. The highest BCUT2D eigenvalue weighted by Gasteiger charge is 2.17. The van der Waals surface area contributed by atoms with Gasteiger partial charge in [-0.3, -0.25) is 10.0 Å². The summed E-state index contributed by atoms with van der Waals surface area (Å²) in [6, 6.07) is 1.71. The largest absolute Gasteiger partial charge is 0.293 e. The molecule has 2 rings (SSSR count). The summed E-state index contributed by atoms with van der Waals surface area (Å²) in [5, 5.41) is 8.52. The summed E-state index contributed by atoms with van der Waals surface area (Å²) in [6.45, 7) is 0. The van der Waals surface area contributed by atoms with Crippen molar-refractivity contribution in [3.8, 4) is 0 Å². The number of amides is 1. The van der Waals surface area contributed by atoms with Crippen LogP contribution in [-0.2, 0) is 0 Å². The van der Waals surface area contributed by atoms with E-state index in [1.165, 1.54) is 11.7 Å². The second-order valence-corrected chi connectivity index (χ2v) is 4.06. The molecule has 4 nitrogen and oxygen atoms in total. The van der Waals surface area contributed by atoms with Crippen LogP contribution >= 0.6 is 15.9 Å². The molecule has 0 spiro atoms. The zero-order valence-electron chi connectivity index (χ0n) is 8.17. The lowest BCUT2D eigenvalue weighted by Gasteiger charge is -2.07. The third-order valence-corrected chi connectivity index (χ3v) is 2.80. The number of hydrogen-bond donors (Lipinski definition) is 2. The first kappa shape index (κ1) is 11.9. The Morgan fingerprint density at radius 2 is 2.12 bits per heavy atom. The topological polar surface area (TPSA) is 62.2 Å². The minimum atomic E-state index is -0.965. The molecule has 0 atom stereocenters. The van der Waals surface area contributed by atoms with Crippen molar-refractivity contribution in [3.63, 3.8) is 0 Å². The number of hydrogen-bond acceptors (Lipinski definition) is 3. The van der Waals surface area contributed by atoms with Gasteiger partial charge < -0.3 is 0 Å². The number of carbonyl (C=O) groups excluding carboxylic acids is 1. The van der Waals surface area contributed by atoms with Crippen molar-refractivity contribution in [2.45, 2.75) is 0 Å². The van der Waals surface area contributed by atoms with Gasteiger partial charge in [-0.1, -0.05) is 0 Å². The molecule has 7 heteroatoms. The molecule has 0 saturated carbocycles. The van der Waals surface area contributed by atoms with E-state index in [4.69, 9.17) is 5.21 Å². The first-order chi connectivity index (χ1) is 8.04. The number of aromatic nitrogens is 1. The van der Waals surface area contributed by atoms with Crippen LogP contribution in [0.15, 0.2) is 22.8 Å². The Balaban J connectivity index is 2.89. The van der Waals surface area contributed by atoms with Crippen molar-refractivity contribution in [3.05, 3.63) is 40.1 Å². The van der Waals surface area contributed by atoms with Gasteiger partial charge in [-0.2, -0.15) is 0 Å². The Morgan fingerprint density at radius 1 is 1.41 bits per heavy atom. The summed E-state index contributed by atoms with van der Waals surface area (Å²) < 4.78 is 27.0. The van der Waals surface area contributed by atoms with Crippen LogP contribution in [0.3, 0.4) is 0 Å². The Hall–Kier alpha value is -1.60. The highest BCUT2D eigenvalue weighted by molar-refractivity contribution is 9.10. The van der Waals surface area contributed by atoms with Crippen LogP contribution in [0.4, 0.5) is 8.78 Å². The zero-order chi connectivity index (χ0) is 12.6. The van der Waals surface area contributed by atoms with Crippen molar-refractivity contribution in [1.29, 1.82) is 0 Å². The highest BCUT2D eigenvalue weighted by Crippen LogP contribution is 2.28. The molecule has 0 saturated heterocycles. The summed E-state index contributed by atoms with van der Waals surface area (Å²) in [5.74, 6) is -2.65. The van der Waals surface area contributed by atoms with Crippen LogP contribution in [0.1, 0.15) is 10.5 Å². The molecule has 2 aromatic rings. The Kier molecular flexibility index (Phi) is 3.03. The van der Waals surface area contributed by atoms with Crippen molar-refractivity contribution >= 4 is 32.6 Å². The lowest BCUT2D eigenvalue weighted by molar-refractivity contribution is 0.0702. The number of benzene rings is 1. The lowest BCUT2D eigenvalue weighted by atomic mass is 10.1. The van der Waals surface area contributed by atoms with Crippen LogP contribution in [0, 0.1) is 11.6 Å². The van der Waals surface area contributed by atoms with Gasteiger partial charge in [0.15, 0.2) is 0 Å². The zero-order valence-corrected chi connectivity index (χ0v) is 9.75. The van der Waals surface area contributed by atoms with Crippen molar-refractivity contribution in [1.82, 2.24) is 10.5 Å². The second-order valence-electron chi connectivity index (χ2n) is 3.21. The van der Waals surface area contributed by atoms with Gasteiger partial charge in [0.2, 0.25) is 0 Å². The third-order valence-electron chi connectivity index (χ3n) is 2.17. The van der Waals surface area contributed by atoms with E-state index in [0.29, 0.717) is 10.5 Å². The quantitative estimate of drug-likeness (QED) is 0.628. The van der Waals surface area contributed by atoms with Gasteiger partial charge in [0, 0.05) is 22.1 Å². The number of nitrogens with zero attached hydrogens (tertiary/aromatic N) is 1. The van der Waals surface area contributed by atoms with Gasteiger partial charge in [-0.15, -0.1) is 0 Å². The fraction of sp³-hybridized carbons (Fsp3) is 0. The number of nitrogens with one attached hydrogen (secondary N) is 1. The molecule has 88 valence electrons. The monoisotopic (exact) mass is 302 g/mol. The Labute approximate surface area is 102 Å². The van der Waals surface area contributed by atoms with Crippen LogP contribution in [0.25, 0.3) is 10.8 Å². The van der Waals surface area contributed by atoms with Crippen molar-refractivity contribution in [2.24, 2.45) is 0 Å². The van der Waals surface area contributed by atoms with Crippen molar-refractivity contribution in [2.75, 3.05) is 0 Å². The van der Waals surface area contributed by atoms with E-state index in [2.05, 4.69) is 20.9 Å². The molecule has 0 aliphatic heterocycles. The molecular weight excluding hydrogens is 298 g/mol. The molecule has 0 bridgehead atoms. The van der Waals surface area contributed by atoms with Gasteiger partial charge in [0.25, 0.3) is 5.91 Å². The van der Waals surface area contributed by atoms with Gasteiger partial charge in [-0.25, -0.2) is 19.2 Å². The number of rotatable bonds is 1. The summed E-state index contributed by atoms with van der Waals surface area (Å²) in [7, 11) is 0. The van der Waals surface area contributed by atoms with E-state index in [1.807, 2.05) is 0 Å². The molecule has 0 fully saturated rings. The smallest absolute Gasteiger partial charge is 0.288 e. The van der Waals surface area contributed by atoms with Crippen LogP contribution < -0.4 is 5.48 Å². The molecule has 1 amide bonds. The SMILES string of the molecule is O=C(NO)c1ncc(Br)c2cc(F)cc(F)c12. The van der Waals surface area contributed by atoms with Crippen LogP contribution in [-0.4, -0.2) is 16.1 Å². The first-order valence-corrected chi connectivity index (χ1v) is 5.21. The molecule has 2 N–H and O–H groups in total. The summed E-state index contributed by atoms with van der Waals surface area (Å²) >= 11 is 3.08. The molecule has 1 heterocycles. The van der Waals surface area contributed by atoms with Gasteiger partial charge >= 0.3 is 0 Å². The van der Waals surface area contributed by atoms with E-state index in [9.17, 15) is 13.6 Å². The lowest BCUT2D eigenvalue weighted by Crippen LogP contribution is -2.20. The minimum absolute atomic E-state index is 0.160. The molecule has 1 aromatic heterocycles. The molecule has 0 unspecified atom stereocenters. The summed E-state index contributed by atoms with van der Waals surface area (Å²) in [6.07, 6.45) is 1.23. The fourth-order valence-corrected chi connectivity index (χ4v) is 1.90. The van der Waals surface area contributed by atoms with E-state index in [-0.39, 0.29) is 16.5 Å². The average molecular weight is 303 g/mol. The maximum atomic E-state index is 13.6. The normalized spacial score (nSPS) is 10.6. The third kappa shape index (κ3) is 1.98. The molecule has 0 radical (unpaired) electrons. The van der Waals surface area contributed by atoms with Crippen LogP contribution in [0.5, 0.6) is 0 Å².